The molecule has 1 aliphatic heterocycles. The van der Waals surface area contributed by atoms with Crippen molar-refractivity contribution < 1.29 is 4.74 Å². The van der Waals surface area contributed by atoms with Gasteiger partial charge in [-0.2, -0.15) is 0 Å². The molecule has 1 aliphatic rings. The molecule has 1 atom stereocenters. The van der Waals surface area contributed by atoms with Crippen molar-refractivity contribution >= 4 is 0 Å². The molecular weight excluding hydrogens is 186 g/mol. The lowest BCUT2D eigenvalue weighted by Gasteiger charge is -2.35. The van der Waals surface area contributed by atoms with Gasteiger partial charge in [-0.15, -0.1) is 0 Å². The Morgan fingerprint density at radius 1 is 1.27 bits per heavy atom. The minimum Gasteiger partial charge on any atom is -0.358 e. The van der Waals surface area contributed by atoms with Gasteiger partial charge in [-0.3, -0.25) is 5.32 Å². The summed E-state index contributed by atoms with van der Waals surface area (Å²) in [5, 5.41) is 3.42. The van der Waals surface area contributed by atoms with E-state index in [0.717, 1.165) is 13.2 Å². The van der Waals surface area contributed by atoms with Gasteiger partial charge >= 0.3 is 0 Å². The van der Waals surface area contributed by atoms with Gasteiger partial charge in [0.15, 0.2) is 0 Å². The molecule has 1 unspecified atom stereocenters. The molecule has 0 bridgehead atoms. The van der Waals surface area contributed by atoms with Gasteiger partial charge in [0.25, 0.3) is 0 Å². The second-order valence-corrected chi connectivity index (χ2v) is 5.15. The highest BCUT2D eigenvalue weighted by Gasteiger charge is 2.27. The van der Waals surface area contributed by atoms with E-state index in [4.69, 9.17) is 4.74 Å². The van der Waals surface area contributed by atoms with Crippen molar-refractivity contribution in [3.8, 4) is 0 Å². The molecule has 0 amide bonds. The number of hydrogen-bond donors (Lipinski definition) is 1. The topological polar surface area (TPSA) is 21.3 Å². The summed E-state index contributed by atoms with van der Waals surface area (Å²) in [6, 6.07) is 8.51. The molecule has 1 fully saturated rings. The first-order valence-corrected chi connectivity index (χ1v) is 5.48. The van der Waals surface area contributed by atoms with Crippen LogP contribution in [0.4, 0.5) is 0 Å². The molecule has 0 saturated carbocycles. The Labute approximate surface area is 91.6 Å². The van der Waals surface area contributed by atoms with Crippen LogP contribution in [0.5, 0.6) is 0 Å². The van der Waals surface area contributed by atoms with E-state index in [1.54, 1.807) is 0 Å². The zero-order valence-corrected chi connectivity index (χ0v) is 9.71. The minimum atomic E-state index is 0.0682. The second-order valence-electron chi connectivity index (χ2n) is 5.15. The Balaban J connectivity index is 2.04. The fraction of sp³-hybridized carbons (Fsp3) is 0.538. The van der Waals surface area contributed by atoms with E-state index in [1.807, 2.05) is 0 Å². The number of rotatable bonds is 1. The molecule has 1 aromatic carbocycles. The van der Waals surface area contributed by atoms with Crippen molar-refractivity contribution in [1.29, 1.82) is 0 Å². The maximum atomic E-state index is 5.81. The van der Waals surface area contributed by atoms with Gasteiger partial charge in [0.05, 0.1) is 6.61 Å². The maximum absolute atomic E-state index is 5.81. The van der Waals surface area contributed by atoms with Crippen molar-refractivity contribution in [2.24, 2.45) is 5.41 Å². The van der Waals surface area contributed by atoms with Crippen LogP contribution in [-0.2, 0) is 4.74 Å². The number of aryl methyl sites for hydroxylation is 1. The quantitative estimate of drug-likeness (QED) is 0.761. The summed E-state index contributed by atoms with van der Waals surface area (Å²) < 4.78 is 5.81. The summed E-state index contributed by atoms with van der Waals surface area (Å²) in [6.45, 7) is 8.35. The Morgan fingerprint density at radius 3 is 2.47 bits per heavy atom. The van der Waals surface area contributed by atoms with Crippen LogP contribution < -0.4 is 5.32 Å². The highest BCUT2D eigenvalue weighted by Crippen LogP contribution is 2.26. The smallest absolute Gasteiger partial charge is 0.134 e. The second kappa shape index (κ2) is 3.95. The summed E-state index contributed by atoms with van der Waals surface area (Å²) in [5.74, 6) is 0. The molecular formula is C13H19NO. The van der Waals surface area contributed by atoms with Crippen molar-refractivity contribution in [2.75, 3.05) is 13.2 Å². The average molecular weight is 205 g/mol. The predicted molar refractivity (Wildman–Crippen MR) is 61.7 cm³/mol. The molecule has 15 heavy (non-hydrogen) atoms. The van der Waals surface area contributed by atoms with Gasteiger partial charge in [0.2, 0.25) is 0 Å². The third-order valence-corrected chi connectivity index (χ3v) is 2.79. The molecule has 1 heterocycles. The van der Waals surface area contributed by atoms with Crippen molar-refractivity contribution in [3.63, 3.8) is 0 Å². The zero-order valence-electron chi connectivity index (χ0n) is 9.71. The van der Waals surface area contributed by atoms with Crippen LogP contribution >= 0.6 is 0 Å². The molecule has 0 radical (unpaired) electrons. The molecule has 2 heteroatoms. The van der Waals surface area contributed by atoms with E-state index in [0.29, 0.717) is 0 Å². The first kappa shape index (κ1) is 10.7. The monoisotopic (exact) mass is 205 g/mol. The lowest BCUT2D eigenvalue weighted by Crippen LogP contribution is -2.42. The van der Waals surface area contributed by atoms with Crippen LogP contribution in [0.3, 0.4) is 0 Å². The first-order valence-electron chi connectivity index (χ1n) is 5.48. The fourth-order valence-corrected chi connectivity index (χ4v) is 1.74. The molecule has 0 spiro atoms. The molecule has 1 saturated heterocycles. The van der Waals surface area contributed by atoms with Gasteiger partial charge in [-0.05, 0) is 12.5 Å². The number of nitrogens with one attached hydrogen (secondary N) is 1. The van der Waals surface area contributed by atoms with Crippen LogP contribution in [0.25, 0.3) is 0 Å². The van der Waals surface area contributed by atoms with E-state index < -0.39 is 0 Å². The summed E-state index contributed by atoms with van der Waals surface area (Å²) in [4.78, 5) is 0. The summed E-state index contributed by atoms with van der Waals surface area (Å²) in [6.07, 6.45) is 0.0682. The standard InChI is InChI=1S/C13H19NO/c1-10-4-6-11(7-5-10)12-14-8-13(2,3)9-15-12/h4-7,12,14H,8-9H2,1-3H3. The Morgan fingerprint density at radius 2 is 1.93 bits per heavy atom. The SMILES string of the molecule is Cc1ccc(C2NCC(C)(C)CO2)cc1. The zero-order chi connectivity index (χ0) is 10.9. The van der Waals surface area contributed by atoms with E-state index in [2.05, 4.69) is 50.4 Å². The average Bonchev–Trinajstić information content (AvgIpc) is 2.20. The van der Waals surface area contributed by atoms with Crippen LogP contribution in [0.15, 0.2) is 24.3 Å². The lowest BCUT2D eigenvalue weighted by atomic mass is 9.93. The van der Waals surface area contributed by atoms with Crippen molar-refractivity contribution in [2.45, 2.75) is 27.0 Å². The van der Waals surface area contributed by atoms with Gasteiger partial charge in [0.1, 0.15) is 6.23 Å². The van der Waals surface area contributed by atoms with Crippen molar-refractivity contribution in [1.82, 2.24) is 5.32 Å². The summed E-state index contributed by atoms with van der Waals surface area (Å²) in [5.41, 5.74) is 2.76. The van der Waals surface area contributed by atoms with Crippen LogP contribution in [0, 0.1) is 12.3 Å². The molecule has 0 aliphatic carbocycles. The van der Waals surface area contributed by atoms with E-state index in [-0.39, 0.29) is 11.6 Å². The molecule has 2 nitrogen and oxygen atoms in total. The molecule has 0 aromatic heterocycles. The third-order valence-electron chi connectivity index (χ3n) is 2.79. The minimum absolute atomic E-state index is 0.0682. The normalized spacial score (nSPS) is 25.1. The van der Waals surface area contributed by atoms with E-state index in [9.17, 15) is 0 Å². The Bertz CT molecular complexity index is 319. The number of ether oxygens (including phenoxy) is 1. The third kappa shape index (κ3) is 2.58. The number of hydrogen-bond acceptors (Lipinski definition) is 2. The van der Waals surface area contributed by atoms with Gasteiger partial charge in [0, 0.05) is 12.0 Å². The Kier molecular flexibility index (Phi) is 2.81. The number of benzene rings is 1. The summed E-state index contributed by atoms with van der Waals surface area (Å²) >= 11 is 0. The largest absolute Gasteiger partial charge is 0.358 e. The molecule has 1 N–H and O–H groups in total. The van der Waals surface area contributed by atoms with Crippen LogP contribution in [-0.4, -0.2) is 13.2 Å². The van der Waals surface area contributed by atoms with Gasteiger partial charge < -0.3 is 4.74 Å². The Hall–Kier alpha value is -0.860. The van der Waals surface area contributed by atoms with Gasteiger partial charge in [-0.1, -0.05) is 43.7 Å². The highest BCUT2D eigenvalue weighted by molar-refractivity contribution is 5.23. The molecule has 1 aromatic rings. The maximum Gasteiger partial charge on any atom is 0.134 e. The van der Waals surface area contributed by atoms with E-state index in [1.165, 1.54) is 11.1 Å². The van der Waals surface area contributed by atoms with E-state index >= 15 is 0 Å². The molecule has 2 rings (SSSR count). The van der Waals surface area contributed by atoms with Crippen molar-refractivity contribution in [3.05, 3.63) is 35.4 Å². The first-order chi connectivity index (χ1) is 7.07. The molecule has 82 valence electrons. The predicted octanol–water partition coefficient (Wildman–Crippen LogP) is 2.64. The summed E-state index contributed by atoms with van der Waals surface area (Å²) in [7, 11) is 0. The fourth-order valence-electron chi connectivity index (χ4n) is 1.74. The van der Waals surface area contributed by atoms with Gasteiger partial charge in [-0.25, -0.2) is 0 Å². The highest BCUT2D eigenvalue weighted by atomic mass is 16.5. The van der Waals surface area contributed by atoms with Crippen LogP contribution in [0.1, 0.15) is 31.2 Å². The lowest BCUT2D eigenvalue weighted by molar-refractivity contribution is -0.0595. The van der Waals surface area contributed by atoms with Crippen LogP contribution in [0.2, 0.25) is 0 Å².